The van der Waals surface area contributed by atoms with Crippen LogP contribution in [0, 0.1) is 5.41 Å². The summed E-state index contributed by atoms with van der Waals surface area (Å²) in [5.41, 5.74) is 5.51. The van der Waals surface area contributed by atoms with E-state index in [1.54, 1.807) is 23.6 Å². The van der Waals surface area contributed by atoms with Crippen LogP contribution in [0.15, 0.2) is 0 Å². The molecule has 1 aliphatic carbocycles. The van der Waals surface area contributed by atoms with Gasteiger partial charge in [-0.2, -0.15) is 11.8 Å². The van der Waals surface area contributed by atoms with Gasteiger partial charge in [-0.05, 0) is 19.8 Å². The number of nitrogens with two attached hydrogens (primary N) is 1. The first kappa shape index (κ1) is 16.1. The van der Waals surface area contributed by atoms with E-state index >= 15 is 0 Å². The second-order valence-electron chi connectivity index (χ2n) is 5.90. The van der Waals surface area contributed by atoms with Crippen molar-refractivity contribution in [1.82, 2.24) is 4.90 Å². The van der Waals surface area contributed by atoms with E-state index in [1.165, 1.54) is 0 Å². The van der Waals surface area contributed by atoms with Crippen LogP contribution in [0.1, 0.15) is 33.1 Å². The Morgan fingerprint density at radius 2 is 2.20 bits per heavy atom. The van der Waals surface area contributed by atoms with Crippen LogP contribution in [0.4, 0.5) is 0 Å². The molecule has 1 amide bonds. The molecule has 3 unspecified atom stereocenters. The van der Waals surface area contributed by atoms with Crippen LogP contribution in [-0.4, -0.2) is 54.4 Å². The van der Waals surface area contributed by atoms with Gasteiger partial charge in [0.15, 0.2) is 9.84 Å². The number of sulfone groups is 1. The van der Waals surface area contributed by atoms with Crippen LogP contribution < -0.4 is 5.73 Å². The molecule has 7 heteroatoms. The molecule has 0 aromatic rings. The van der Waals surface area contributed by atoms with Crippen molar-refractivity contribution >= 4 is 27.5 Å². The zero-order chi connectivity index (χ0) is 15.0. The highest BCUT2D eigenvalue weighted by Crippen LogP contribution is 2.40. The third-order valence-electron chi connectivity index (χ3n) is 4.68. The van der Waals surface area contributed by atoms with Gasteiger partial charge in [-0.15, -0.1) is 0 Å². The molecule has 0 aromatic carbocycles. The molecular formula is C13H24N2O3S2. The molecule has 1 saturated heterocycles. The lowest BCUT2D eigenvalue weighted by Crippen LogP contribution is -2.57. The van der Waals surface area contributed by atoms with E-state index in [0.717, 1.165) is 25.0 Å². The molecule has 2 rings (SSSR count). The summed E-state index contributed by atoms with van der Waals surface area (Å²) in [5.74, 6) is 1.29. The lowest BCUT2D eigenvalue weighted by molar-refractivity contribution is -0.142. The number of nitrogens with zero attached hydrogens (tertiary/aromatic N) is 1. The predicted octanol–water partition coefficient (Wildman–Crippen LogP) is 0.840. The molecule has 0 aromatic heterocycles. The number of carbonyl (C=O) groups is 1. The van der Waals surface area contributed by atoms with Gasteiger partial charge in [0.2, 0.25) is 5.91 Å². The lowest BCUT2D eigenvalue weighted by atomic mass is 9.83. The van der Waals surface area contributed by atoms with Crippen molar-refractivity contribution in [2.24, 2.45) is 11.1 Å². The van der Waals surface area contributed by atoms with Crippen LogP contribution in [-0.2, 0) is 14.6 Å². The van der Waals surface area contributed by atoms with E-state index in [4.69, 9.17) is 5.73 Å². The van der Waals surface area contributed by atoms with E-state index in [0.29, 0.717) is 12.3 Å². The monoisotopic (exact) mass is 320 g/mol. The largest absolute Gasteiger partial charge is 0.327 e. The van der Waals surface area contributed by atoms with Gasteiger partial charge in [0, 0.05) is 29.8 Å². The second-order valence-corrected chi connectivity index (χ2v) is 9.49. The van der Waals surface area contributed by atoms with Gasteiger partial charge in [-0.25, -0.2) is 8.42 Å². The number of thioether (sulfide) groups is 1. The highest BCUT2D eigenvalue weighted by Gasteiger charge is 2.48. The highest BCUT2D eigenvalue weighted by molar-refractivity contribution is 8.01. The van der Waals surface area contributed by atoms with Crippen molar-refractivity contribution in [1.29, 1.82) is 0 Å². The maximum Gasteiger partial charge on any atom is 0.231 e. The third-order valence-corrected chi connectivity index (χ3v) is 7.97. The molecule has 1 saturated carbocycles. The topological polar surface area (TPSA) is 80.5 Å². The molecule has 0 bridgehead atoms. The van der Waals surface area contributed by atoms with Gasteiger partial charge < -0.3 is 10.6 Å². The Morgan fingerprint density at radius 1 is 1.50 bits per heavy atom. The SMILES string of the molecule is CCS(=O)(=O)C1CSCCN1C(=O)C1(C)CCCC1N. The lowest BCUT2D eigenvalue weighted by Gasteiger charge is -2.40. The minimum absolute atomic E-state index is 0.0650. The smallest absolute Gasteiger partial charge is 0.231 e. The molecular weight excluding hydrogens is 296 g/mol. The fourth-order valence-corrected chi connectivity index (χ4v) is 6.06. The van der Waals surface area contributed by atoms with Crippen molar-refractivity contribution in [2.75, 3.05) is 23.8 Å². The summed E-state index contributed by atoms with van der Waals surface area (Å²) in [7, 11) is -3.25. The van der Waals surface area contributed by atoms with E-state index in [2.05, 4.69) is 0 Å². The van der Waals surface area contributed by atoms with Gasteiger partial charge in [0.25, 0.3) is 0 Å². The van der Waals surface area contributed by atoms with Gasteiger partial charge in [0.05, 0.1) is 5.41 Å². The van der Waals surface area contributed by atoms with Gasteiger partial charge >= 0.3 is 0 Å². The second kappa shape index (κ2) is 5.85. The number of amides is 1. The zero-order valence-electron chi connectivity index (χ0n) is 12.2. The molecule has 0 spiro atoms. The quantitative estimate of drug-likeness (QED) is 0.833. The van der Waals surface area contributed by atoms with Crippen LogP contribution in [0.2, 0.25) is 0 Å². The molecule has 2 aliphatic rings. The number of rotatable bonds is 3. The van der Waals surface area contributed by atoms with Gasteiger partial charge in [-0.3, -0.25) is 4.79 Å². The summed E-state index contributed by atoms with van der Waals surface area (Å²) in [6.45, 7) is 4.04. The summed E-state index contributed by atoms with van der Waals surface area (Å²) in [6.07, 6.45) is 2.54. The van der Waals surface area contributed by atoms with Crippen LogP contribution in [0.3, 0.4) is 0 Å². The molecule has 1 aliphatic heterocycles. The first-order valence-electron chi connectivity index (χ1n) is 7.19. The Morgan fingerprint density at radius 3 is 2.75 bits per heavy atom. The van der Waals surface area contributed by atoms with Crippen molar-refractivity contribution in [3.05, 3.63) is 0 Å². The summed E-state index contributed by atoms with van der Waals surface area (Å²) in [6, 6.07) is -0.158. The molecule has 2 fully saturated rings. The molecule has 20 heavy (non-hydrogen) atoms. The molecule has 5 nitrogen and oxygen atoms in total. The summed E-state index contributed by atoms with van der Waals surface area (Å²) >= 11 is 1.60. The Bertz CT molecular complexity index is 480. The standard InChI is InChI=1S/C13H24N2O3S2/c1-3-20(17,18)11-9-19-8-7-15(11)12(16)13(2)6-4-5-10(13)14/h10-11H,3-9,14H2,1-2H3. The Kier molecular flexibility index (Phi) is 4.71. The molecule has 3 atom stereocenters. The molecule has 2 N–H and O–H groups in total. The molecule has 116 valence electrons. The third kappa shape index (κ3) is 2.72. The van der Waals surface area contributed by atoms with E-state index in [9.17, 15) is 13.2 Å². The number of hydrogen-bond donors (Lipinski definition) is 1. The van der Waals surface area contributed by atoms with Crippen molar-refractivity contribution in [2.45, 2.75) is 44.5 Å². The number of carbonyl (C=O) groups excluding carboxylic acids is 1. The molecule has 1 heterocycles. The minimum atomic E-state index is -3.25. The Labute approximate surface area is 125 Å². The van der Waals surface area contributed by atoms with E-state index in [-0.39, 0.29) is 17.7 Å². The van der Waals surface area contributed by atoms with Crippen molar-refractivity contribution in [3.63, 3.8) is 0 Å². The average Bonchev–Trinajstić information content (AvgIpc) is 2.79. The van der Waals surface area contributed by atoms with Crippen LogP contribution in [0.5, 0.6) is 0 Å². The summed E-state index contributed by atoms with van der Waals surface area (Å²) < 4.78 is 24.5. The Hall–Kier alpha value is -0.270. The summed E-state index contributed by atoms with van der Waals surface area (Å²) in [5, 5.41) is -0.677. The Balaban J connectivity index is 2.27. The van der Waals surface area contributed by atoms with E-state index in [1.807, 2.05) is 6.92 Å². The van der Waals surface area contributed by atoms with Gasteiger partial charge in [0.1, 0.15) is 5.37 Å². The normalized spacial score (nSPS) is 35.2. The average molecular weight is 320 g/mol. The number of hydrogen-bond acceptors (Lipinski definition) is 5. The van der Waals surface area contributed by atoms with Crippen molar-refractivity contribution in [3.8, 4) is 0 Å². The molecule has 0 radical (unpaired) electrons. The van der Waals surface area contributed by atoms with Gasteiger partial charge in [-0.1, -0.05) is 13.3 Å². The predicted molar refractivity (Wildman–Crippen MR) is 82.2 cm³/mol. The van der Waals surface area contributed by atoms with Crippen molar-refractivity contribution < 1.29 is 13.2 Å². The fraction of sp³-hybridized carbons (Fsp3) is 0.923. The first-order chi connectivity index (χ1) is 9.33. The van der Waals surface area contributed by atoms with E-state index < -0.39 is 20.6 Å². The highest BCUT2D eigenvalue weighted by atomic mass is 32.2. The minimum Gasteiger partial charge on any atom is -0.327 e. The fourth-order valence-electron chi connectivity index (χ4n) is 3.09. The maximum absolute atomic E-state index is 12.9. The summed E-state index contributed by atoms with van der Waals surface area (Å²) in [4.78, 5) is 14.5. The van der Waals surface area contributed by atoms with Crippen LogP contribution >= 0.6 is 11.8 Å². The first-order valence-corrected chi connectivity index (χ1v) is 10.1. The zero-order valence-corrected chi connectivity index (χ0v) is 13.8. The maximum atomic E-state index is 12.9. The van der Waals surface area contributed by atoms with Crippen LogP contribution in [0.25, 0.3) is 0 Å².